The minimum absolute atomic E-state index is 0.111. The molecule has 0 aromatic heterocycles. The molecule has 102 valence electrons. The maximum absolute atomic E-state index is 10.3. The van der Waals surface area contributed by atoms with Gasteiger partial charge in [-0.3, -0.25) is 4.79 Å². The molecule has 0 unspecified atom stereocenters. The number of nitrogens with two attached hydrogens (primary N) is 1. The molecule has 0 saturated carbocycles. The fraction of sp³-hybridized carbons (Fsp3) is 0.500. The minimum atomic E-state index is -0.404. The lowest BCUT2D eigenvalue weighted by Crippen LogP contribution is -2.27. The molecule has 1 amide bonds. The quantitative estimate of drug-likeness (QED) is 0.726. The molecule has 17 heavy (non-hydrogen) atoms. The number of nitrogens with one attached hydrogen (secondary N) is 1. The molecule has 0 aromatic rings. The fourth-order valence-corrected chi connectivity index (χ4v) is 0.444. The zero-order valence-corrected chi connectivity index (χ0v) is 12.3. The van der Waals surface area contributed by atoms with E-state index in [2.05, 4.69) is 18.5 Å². The summed E-state index contributed by atoms with van der Waals surface area (Å²) in [6.45, 7) is 19.2. The van der Waals surface area contributed by atoms with Gasteiger partial charge in [-0.1, -0.05) is 66.9 Å². The highest BCUT2D eigenvalue weighted by molar-refractivity contribution is 5.76. The van der Waals surface area contributed by atoms with Crippen LogP contribution < -0.4 is 11.1 Å². The summed E-state index contributed by atoms with van der Waals surface area (Å²) in [4.78, 5) is 10.3. The number of carbonyl (C=O) groups is 1. The van der Waals surface area contributed by atoms with E-state index in [0.29, 0.717) is 5.70 Å². The van der Waals surface area contributed by atoms with Crippen LogP contribution in [0.3, 0.4) is 0 Å². The van der Waals surface area contributed by atoms with Crippen molar-refractivity contribution in [1.82, 2.24) is 5.32 Å². The van der Waals surface area contributed by atoms with Crippen LogP contribution in [0.5, 0.6) is 0 Å². The lowest BCUT2D eigenvalue weighted by molar-refractivity contribution is -0.117. The first-order valence-corrected chi connectivity index (χ1v) is 6.17. The molecule has 0 rings (SSSR count). The number of hydrogen-bond donors (Lipinski definition) is 2. The van der Waals surface area contributed by atoms with Crippen LogP contribution in [-0.4, -0.2) is 12.5 Å². The van der Waals surface area contributed by atoms with Crippen LogP contribution in [0, 0.1) is 0 Å². The Hall–Kier alpha value is -1.51. The maximum atomic E-state index is 10.3. The molecule has 0 aliphatic carbocycles. The molecule has 0 aromatic carbocycles. The monoisotopic (exact) mass is 242 g/mol. The van der Waals surface area contributed by atoms with Crippen LogP contribution in [0.4, 0.5) is 0 Å². The van der Waals surface area contributed by atoms with Crippen molar-refractivity contribution in [2.24, 2.45) is 5.73 Å². The van der Waals surface area contributed by atoms with Crippen LogP contribution in [-0.2, 0) is 4.79 Å². The van der Waals surface area contributed by atoms with Gasteiger partial charge in [-0.05, 0) is 6.08 Å². The second kappa shape index (κ2) is 29.3. The minimum Gasteiger partial charge on any atom is -0.377 e. The predicted octanol–water partition coefficient (Wildman–Crippen LogP) is 3.40. The molecule has 0 heterocycles. The molecule has 3 nitrogen and oxygen atoms in total. The molecule has 3 N–H and O–H groups in total. The first-order valence-electron chi connectivity index (χ1n) is 6.17. The largest absolute Gasteiger partial charge is 0.377 e. The Morgan fingerprint density at radius 2 is 1.59 bits per heavy atom. The van der Waals surface area contributed by atoms with E-state index in [4.69, 9.17) is 5.73 Å². The van der Waals surface area contributed by atoms with Crippen molar-refractivity contribution in [3.63, 3.8) is 0 Å². The normalized spacial score (nSPS) is 7.18. The molecule has 0 radical (unpaired) electrons. The Kier molecular flexibility index (Phi) is 42.4. The first kappa shape index (κ1) is 24.6. The van der Waals surface area contributed by atoms with E-state index in [0.717, 1.165) is 0 Å². The van der Waals surface area contributed by atoms with Crippen molar-refractivity contribution in [2.45, 2.75) is 41.5 Å². The van der Waals surface area contributed by atoms with Gasteiger partial charge in [0, 0.05) is 5.70 Å². The Morgan fingerprint density at radius 3 is 1.88 bits per heavy atom. The van der Waals surface area contributed by atoms with Crippen LogP contribution in [0.25, 0.3) is 0 Å². The molecule has 0 spiro atoms. The van der Waals surface area contributed by atoms with Crippen molar-refractivity contribution >= 4 is 5.91 Å². The zero-order chi connectivity index (χ0) is 14.7. The van der Waals surface area contributed by atoms with Gasteiger partial charge in [0.2, 0.25) is 5.91 Å². The number of hydrogen-bond acceptors (Lipinski definition) is 2. The summed E-state index contributed by atoms with van der Waals surface area (Å²) in [6, 6.07) is 0. The Balaban J connectivity index is -0.000000121. The van der Waals surface area contributed by atoms with Gasteiger partial charge in [0.1, 0.15) is 0 Å². The van der Waals surface area contributed by atoms with Gasteiger partial charge < -0.3 is 11.1 Å². The first-order chi connectivity index (χ1) is 8.16. The molecule has 0 bridgehead atoms. The number of primary amides is 1. The third-order valence-corrected chi connectivity index (χ3v) is 0.923. The highest BCUT2D eigenvalue weighted by atomic mass is 16.1. The highest BCUT2D eigenvalue weighted by Gasteiger charge is 1.90. The van der Waals surface area contributed by atoms with Crippen molar-refractivity contribution in [3.8, 4) is 0 Å². The molecule has 0 atom stereocenters. The molecular formula is C14H30N2O. The van der Waals surface area contributed by atoms with Gasteiger partial charge in [0.25, 0.3) is 0 Å². The van der Waals surface area contributed by atoms with E-state index >= 15 is 0 Å². The SMILES string of the molecule is C=C/C=C\C(=C)NCC(N)=O.CC.CC.CC. The van der Waals surface area contributed by atoms with E-state index < -0.39 is 5.91 Å². The molecule has 0 aliphatic heterocycles. The topological polar surface area (TPSA) is 55.1 Å². The van der Waals surface area contributed by atoms with Crippen LogP contribution in [0.2, 0.25) is 0 Å². The third kappa shape index (κ3) is 40.3. The Morgan fingerprint density at radius 1 is 1.18 bits per heavy atom. The number of allylic oxidation sites excluding steroid dienone is 3. The number of amides is 1. The van der Waals surface area contributed by atoms with Crippen molar-refractivity contribution in [2.75, 3.05) is 6.54 Å². The lowest BCUT2D eigenvalue weighted by atomic mass is 10.4. The summed E-state index contributed by atoms with van der Waals surface area (Å²) in [5, 5.41) is 2.71. The van der Waals surface area contributed by atoms with Gasteiger partial charge in [0.05, 0.1) is 6.54 Å². The summed E-state index contributed by atoms with van der Waals surface area (Å²) < 4.78 is 0. The lowest BCUT2D eigenvalue weighted by Gasteiger charge is -2.00. The zero-order valence-electron chi connectivity index (χ0n) is 12.3. The van der Waals surface area contributed by atoms with Crippen LogP contribution in [0.15, 0.2) is 37.1 Å². The standard InChI is InChI=1S/C8H12N2O.3C2H6/c1-3-4-5-7(2)10-6-8(9)11;3*1-2/h3-5,10H,1-2,6H2,(H2,9,11);3*1-2H3/b5-4-;;;. The second-order valence-corrected chi connectivity index (χ2v) is 1.94. The molecule has 3 heteroatoms. The Bertz CT molecular complexity index is 196. The van der Waals surface area contributed by atoms with Crippen molar-refractivity contribution in [1.29, 1.82) is 0 Å². The predicted molar refractivity (Wildman–Crippen MR) is 79.7 cm³/mol. The van der Waals surface area contributed by atoms with Gasteiger partial charge in [-0.2, -0.15) is 0 Å². The van der Waals surface area contributed by atoms with Gasteiger partial charge in [-0.15, -0.1) is 0 Å². The average Bonchev–Trinajstić information content (AvgIpc) is 2.41. The molecule has 0 saturated heterocycles. The summed E-state index contributed by atoms with van der Waals surface area (Å²) in [5.41, 5.74) is 5.52. The smallest absolute Gasteiger partial charge is 0.236 e. The summed E-state index contributed by atoms with van der Waals surface area (Å²) in [6.07, 6.45) is 5.05. The van der Waals surface area contributed by atoms with E-state index in [1.54, 1.807) is 18.2 Å². The van der Waals surface area contributed by atoms with Crippen LogP contribution in [0.1, 0.15) is 41.5 Å². The van der Waals surface area contributed by atoms with Crippen molar-refractivity contribution in [3.05, 3.63) is 37.1 Å². The van der Waals surface area contributed by atoms with E-state index in [9.17, 15) is 4.79 Å². The molecule has 0 aliphatic rings. The van der Waals surface area contributed by atoms with E-state index in [1.165, 1.54) is 0 Å². The highest BCUT2D eigenvalue weighted by Crippen LogP contribution is 1.85. The number of rotatable bonds is 5. The summed E-state index contributed by atoms with van der Waals surface area (Å²) in [5.74, 6) is -0.404. The average molecular weight is 242 g/mol. The summed E-state index contributed by atoms with van der Waals surface area (Å²) >= 11 is 0. The van der Waals surface area contributed by atoms with Gasteiger partial charge >= 0.3 is 0 Å². The van der Waals surface area contributed by atoms with E-state index in [1.807, 2.05) is 41.5 Å². The fourth-order valence-electron chi connectivity index (χ4n) is 0.444. The second-order valence-electron chi connectivity index (χ2n) is 1.94. The van der Waals surface area contributed by atoms with Gasteiger partial charge in [0.15, 0.2) is 0 Å². The van der Waals surface area contributed by atoms with E-state index in [-0.39, 0.29) is 6.54 Å². The van der Waals surface area contributed by atoms with Crippen LogP contribution >= 0.6 is 0 Å². The number of carbonyl (C=O) groups excluding carboxylic acids is 1. The Labute approximate surface area is 107 Å². The third-order valence-electron chi connectivity index (χ3n) is 0.923. The molecule has 0 fully saturated rings. The van der Waals surface area contributed by atoms with Crippen molar-refractivity contribution < 1.29 is 4.79 Å². The van der Waals surface area contributed by atoms with Gasteiger partial charge in [-0.25, -0.2) is 0 Å². The maximum Gasteiger partial charge on any atom is 0.236 e. The molecular weight excluding hydrogens is 212 g/mol. The summed E-state index contributed by atoms with van der Waals surface area (Å²) in [7, 11) is 0.